The summed E-state index contributed by atoms with van der Waals surface area (Å²) in [6.45, 7) is 1.82. The van der Waals surface area contributed by atoms with E-state index in [1.165, 1.54) is 0 Å². The molecule has 0 radical (unpaired) electrons. The summed E-state index contributed by atoms with van der Waals surface area (Å²) in [5, 5.41) is 20.8. The Kier molecular flexibility index (Phi) is 5.47. The molecule has 2 saturated heterocycles. The fourth-order valence-corrected chi connectivity index (χ4v) is 5.23. The van der Waals surface area contributed by atoms with Crippen molar-refractivity contribution >= 4 is 29.4 Å². The number of rotatable bonds is 7. The topological polar surface area (TPSA) is 114 Å². The van der Waals surface area contributed by atoms with Crippen LogP contribution in [0, 0.1) is 6.92 Å². The van der Waals surface area contributed by atoms with Crippen molar-refractivity contribution in [2.45, 2.75) is 49.9 Å². The summed E-state index contributed by atoms with van der Waals surface area (Å²) in [7, 11) is 0. The summed E-state index contributed by atoms with van der Waals surface area (Å²) in [6, 6.07) is 7.88. The van der Waals surface area contributed by atoms with Gasteiger partial charge < -0.3 is 16.0 Å². The lowest BCUT2D eigenvalue weighted by Gasteiger charge is -2.16. The second-order valence-corrected chi connectivity index (χ2v) is 8.38. The van der Waals surface area contributed by atoms with Crippen LogP contribution in [0.25, 0.3) is 5.69 Å². The van der Waals surface area contributed by atoms with Gasteiger partial charge in [0.1, 0.15) is 0 Å². The van der Waals surface area contributed by atoms with Gasteiger partial charge in [-0.3, -0.25) is 4.79 Å². The van der Waals surface area contributed by atoms with E-state index in [1.54, 1.807) is 4.68 Å². The third kappa shape index (κ3) is 4.11. The average molecular weight is 401 g/mol. The number of nitrogens with one attached hydrogen (secondary N) is 3. The second-order valence-electron chi connectivity index (χ2n) is 7.10. The Morgan fingerprint density at radius 2 is 2.25 bits per heavy atom. The maximum atomic E-state index is 12.3. The van der Waals surface area contributed by atoms with Gasteiger partial charge >= 0.3 is 6.03 Å². The van der Waals surface area contributed by atoms with Crippen LogP contribution >= 0.6 is 11.8 Å². The second kappa shape index (κ2) is 8.17. The predicted octanol–water partition coefficient (Wildman–Crippen LogP) is 1.64. The molecule has 3 N–H and O–H groups in total. The van der Waals surface area contributed by atoms with Gasteiger partial charge in [0.25, 0.3) is 0 Å². The minimum absolute atomic E-state index is 0.00150. The normalized spacial score (nSPS) is 23.2. The van der Waals surface area contributed by atoms with Crippen molar-refractivity contribution in [1.29, 1.82) is 0 Å². The van der Waals surface area contributed by atoms with E-state index < -0.39 is 0 Å². The molecule has 3 heterocycles. The molecule has 3 amide bonds. The number of urea groups is 1. The number of amides is 3. The van der Waals surface area contributed by atoms with E-state index in [2.05, 4.69) is 31.5 Å². The SMILES string of the molecule is Cc1nnnn1-c1cccc(NC(=O)CCCC[C@@H]2SC[C@@H]3NC(=O)N[C@@H]32)c1. The standard InChI is InChI=1S/C18H23N7O2S/c1-11-22-23-24-25(11)13-6-4-5-12(9-13)19-16(26)8-3-2-7-15-17-14(10-28-15)20-18(27)21-17/h4-6,9,14-15,17H,2-3,7-8,10H2,1H3,(H,19,26)(H2,20,21,27)/t14-,15-,17-/m0/s1. The number of nitrogens with zero attached hydrogens (tertiary/aromatic N) is 4. The Hall–Kier alpha value is -2.62. The molecule has 0 unspecified atom stereocenters. The summed E-state index contributed by atoms with van der Waals surface area (Å²) in [5.41, 5.74) is 1.53. The summed E-state index contributed by atoms with van der Waals surface area (Å²) in [5.74, 6) is 1.65. The van der Waals surface area contributed by atoms with E-state index in [1.807, 2.05) is 43.0 Å². The van der Waals surface area contributed by atoms with Crippen molar-refractivity contribution in [3.8, 4) is 5.69 Å². The van der Waals surface area contributed by atoms with E-state index in [0.717, 1.165) is 36.4 Å². The van der Waals surface area contributed by atoms with Gasteiger partial charge in [0, 0.05) is 23.1 Å². The number of aromatic nitrogens is 4. The van der Waals surface area contributed by atoms with Gasteiger partial charge in [0.2, 0.25) is 5.91 Å². The molecule has 9 nitrogen and oxygen atoms in total. The number of benzene rings is 1. The predicted molar refractivity (Wildman–Crippen MR) is 106 cm³/mol. The highest BCUT2D eigenvalue weighted by atomic mass is 32.2. The number of carbonyl (C=O) groups excluding carboxylic acids is 2. The molecule has 0 spiro atoms. The van der Waals surface area contributed by atoms with Crippen LogP contribution in [0.1, 0.15) is 31.5 Å². The maximum absolute atomic E-state index is 12.3. The number of hydrogen-bond acceptors (Lipinski definition) is 6. The zero-order valence-electron chi connectivity index (χ0n) is 15.6. The van der Waals surface area contributed by atoms with Crippen LogP contribution < -0.4 is 16.0 Å². The van der Waals surface area contributed by atoms with Gasteiger partial charge in [-0.15, -0.1) is 5.10 Å². The number of unbranched alkanes of at least 4 members (excludes halogenated alkanes) is 1. The van der Waals surface area contributed by atoms with Crippen molar-refractivity contribution in [2.24, 2.45) is 0 Å². The Morgan fingerprint density at radius 1 is 1.36 bits per heavy atom. The molecule has 2 aliphatic heterocycles. The van der Waals surface area contributed by atoms with Crippen LogP contribution in [0.2, 0.25) is 0 Å². The fourth-order valence-electron chi connectivity index (χ4n) is 3.68. The molecule has 10 heteroatoms. The molecule has 148 valence electrons. The average Bonchev–Trinajstić information content (AvgIpc) is 3.35. The molecule has 2 aliphatic rings. The van der Waals surface area contributed by atoms with Crippen LogP contribution in [0.5, 0.6) is 0 Å². The molecular weight excluding hydrogens is 378 g/mol. The van der Waals surface area contributed by atoms with Crippen LogP contribution in [-0.4, -0.2) is 55.2 Å². The van der Waals surface area contributed by atoms with Crippen LogP contribution in [-0.2, 0) is 4.79 Å². The fraction of sp³-hybridized carbons (Fsp3) is 0.500. The molecule has 28 heavy (non-hydrogen) atoms. The molecule has 0 saturated carbocycles. The quantitative estimate of drug-likeness (QED) is 0.480. The number of carbonyl (C=O) groups is 2. The summed E-state index contributed by atoms with van der Waals surface area (Å²) in [4.78, 5) is 23.7. The third-order valence-corrected chi connectivity index (χ3v) is 6.59. The van der Waals surface area contributed by atoms with Crippen molar-refractivity contribution in [3.05, 3.63) is 30.1 Å². The number of thioether (sulfide) groups is 1. The zero-order valence-corrected chi connectivity index (χ0v) is 16.4. The molecule has 4 rings (SSSR count). The van der Waals surface area contributed by atoms with Gasteiger partial charge in [-0.1, -0.05) is 12.5 Å². The highest BCUT2D eigenvalue weighted by molar-refractivity contribution is 8.00. The first-order chi connectivity index (χ1) is 13.6. The zero-order chi connectivity index (χ0) is 19.5. The lowest BCUT2D eigenvalue weighted by atomic mass is 10.0. The molecule has 1 aromatic heterocycles. The van der Waals surface area contributed by atoms with Crippen molar-refractivity contribution in [3.63, 3.8) is 0 Å². The molecule has 3 atom stereocenters. The first kappa shape index (κ1) is 18.7. The molecule has 2 aromatic rings. The Labute approximate surface area is 167 Å². The molecule has 0 aliphatic carbocycles. The lowest BCUT2D eigenvalue weighted by Crippen LogP contribution is -2.36. The Balaban J connectivity index is 1.22. The molecule has 0 bridgehead atoms. The summed E-state index contributed by atoms with van der Waals surface area (Å²) < 4.78 is 1.62. The van der Waals surface area contributed by atoms with Crippen molar-refractivity contribution < 1.29 is 9.59 Å². The number of aryl methyl sites for hydroxylation is 1. The number of hydrogen-bond donors (Lipinski definition) is 3. The first-order valence-corrected chi connectivity index (χ1v) is 10.5. The highest BCUT2D eigenvalue weighted by Crippen LogP contribution is 2.33. The van der Waals surface area contributed by atoms with E-state index in [-0.39, 0.29) is 24.0 Å². The largest absolute Gasteiger partial charge is 0.332 e. The van der Waals surface area contributed by atoms with Gasteiger partial charge in [-0.25, -0.2) is 4.79 Å². The minimum Gasteiger partial charge on any atom is -0.332 e. The molecule has 1 aromatic carbocycles. The maximum Gasteiger partial charge on any atom is 0.315 e. The van der Waals surface area contributed by atoms with Crippen LogP contribution in [0.3, 0.4) is 0 Å². The third-order valence-electron chi connectivity index (χ3n) is 5.08. The van der Waals surface area contributed by atoms with Crippen LogP contribution in [0.4, 0.5) is 10.5 Å². The Bertz CT molecular complexity index is 871. The smallest absolute Gasteiger partial charge is 0.315 e. The first-order valence-electron chi connectivity index (χ1n) is 9.44. The van der Waals surface area contributed by atoms with Gasteiger partial charge in [-0.05, 0) is 48.4 Å². The Morgan fingerprint density at radius 3 is 3.07 bits per heavy atom. The number of fused-ring (bicyclic) bond motifs is 1. The molecule has 2 fully saturated rings. The van der Waals surface area contributed by atoms with Gasteiger partial charge in [-0.2, -0.15) is 16.4 Å². The van der Waals surface area contributed by atoms with Crippen molar-refractivity contribution in [2.75, 3.05) is 11.1 Å². The van der Waals surface area contributed by atoms with E-state index in [4.69, 9.17) is 0 Å². The van der Waals surface area contributed by atoms with Crippen molar-refractivity contribution in [1.82, 2.24) is 30.8 Å². The highest BCUT2D eigenvalue weighted by Gasteiger charge is 2.42. The van der Waals surface area contributed by atoms with Crippen LogP contribution in [0.15, 0.2) is 24.3 Å². The van der Waals surface area contributed by atoms with E-state index in [9.17, 15) is 9.59 Å². The van der Waals surface area contributed by atoms with Gasteiger partial charge in [0.05, 0.1) is 17.8 Å². The number of tetrazole rings is 1. The number of anilines is 1. The lowest BCUT2D eigenvalue weighted by molar-refractivity contribution is -0.116. The molecular formula is C18H23N7O2S. The summed E-state index contributed by atoms with van der Waals surface area (Å²) in [6.07, 6.45) is 3.28. The monoisotopic (exact) mass is 401 g/mol. The summed E-state index contributed by atoms with van der Waals surface area (Å²) >= 11 is 1.90. The van der Waals surface area contributed by atoms with E-state index in [0.29, 0.717) is 17.5 Å². The van der Waals surface area contributed by atoms with Gasteiger partial charge in [0.15, 0.2) is 5.82 Å². The minimum atomic E-state index is -0.0567. The van der Waals surface area contributed by atoms with E-state index >= 15 is 0 Å².